The summed E-state index contributed by atoms with van der Waals surface area (Å²) in [6.45, 7) is 1.20. The van der Waals surface area contributed by atoms with Crippen molar-refractivity contribution in [2.45, 2.75) is 31.8 Å². The van der Waals surface area contributed by atoms with Crippen molar-refractivity contribution < 1.29 is 23.1 Å². The first-order chi connectivity index (χ1) is 9.17. The molecule has 0 aliphatic carbocycles. The van der Waals surface area contributed by atoms with Crippen LogP contribution in [0.1, 0.15) is 12.1 Å². The van der Waals surface area contributed by atoms with Crippen molar-refractivity contribution in [2.24, 2.45) is 5.10 Å². The van der Waals surface area contributed by atoms with Crippen LogP contribution in [0.3, 0.4) is 0 Å². The monoisotopic (exact) mass is 354 g/mol. The van der Waals surface area contributed by atoms with E-state index in [-0.39, 0.29) is 5.01 Å². The molecule has 2 heterocycles. The van der Waals surface area contributed by atoms with Crippen molar-refractivity contribution in [1.29, 1.82) is 0 Å². The molecule has 20 heavy (non-hydrogen) atoms. The molecule has 1 aromatic rings. The van der Waals surface area contributed by atoms with E-state index in [1.165, 1.54) is 10.9 Å². The SMILES string of the molecule is Cc1c(Br)cnn1CC(=O)N1N=CCC1(O)C(F)(F)F. The van der Waals surface area contributed by atoms with Crippen LogP contribution in [0, 0.1) is 6.92 Å². The summed E-state index contributed by atoms with van der Waals surface area (Å²) >= 11 is 3.18. The number of nitrogens with zero attached hydrogens (tertiary/aromatic N) is 4. The average Bonchev–Trinajstić information content (AvgIpc) is 2.87. The maximum Gasteiger partial charge on any atom is 0.438 e. The summed E-state index contributed by atoms with van der Waals surface area (Å²) in [7, 11) is 0. The van der Waals surface area contributed by atoms with Gasteiger partial charge in [0.2, 0.25) is 0 Å². The lowest BCUT2D eigenvalue weighted by Gasteiger charge is -2.32. The number of hydrazone groups is 1. The first kappa shape index (κ1) is 15.0. The molecular formula is C10H10BrF3N4O2. The molecule has 1 aromatic heterocycles. The van der Waals surface area contributed by atoms with Crippen LogP contribution >= 0.6 is 15.9 Å². The second-order valence-corrected chi connectivity index (χ2v) is 5.11. The van der Waals surface area contributed by atoms with Gasteiger partial charge >= 0.3 is 6.18 Å². The molecule has 0 saturated carbocycles. The molecule has 0 bridgehead atoms. The average molecular weight is 355 g/mol. The van der Waals surface area contributed by atoms with E-state index in [1.807, 2.05) is 0 Å². The maximum absolute atomic E-state index is 12.8. The fraction of sp³-hybridized carbons (Fsp3) is 0.500. The van der Waals surface area contributed by atoms with E-state index in [1.54, 1.807) is 6.92 Å². The van der Waals surface area contributed by atoms with Crippen LogP contribution in [0.4, 0.5) is 13.2 Å². The van der Waals surface area contributed by atoms with E-state index in [9.17, 15) is 23.1 Å². The van der Waals surface area contributed by atoms with Gasteiger partial charge in [-0.05, 0) is 22.9 Å². The fourth-order valence-electron chi connectivity index (χ4n) is 1.72. The van der Waals surface area contributed by atoms with E-state index in [2.05, 4.69) is 26.1 Å². The lowest BCUT2D eigenvalue weighted by atomic mass is 10.1. The highest BCUT2D eigenvalue weighted by Gasteiger charge is 2.61. The third-order valence-corrected chi connectivity index (χ3v) is 3.72. The number of carbonyl (C=O) groups is 1. The van der Waals surface area contributed by atoms with E-state index >= 15 is 0 Å². The number of hydrogen-bond donors (Lipinski definition) is 1. The third kappa shape index (κ3) is 2.33. The van der Waals surface area contributed by atoms with Crippen molar-refractivity contribution in [3.8, 4) is 0 Å². The number of alkyl halides is 3. The Bertz CT molecular complexity index is 571. The Kier molecular flexibility index (Phi) is 3.63. The van der Waals surface area contributed by atoms with Crippen LogP contribution in [0.2, 0.25) is 0 Å². The van der Waals surface area contributed by atoms with Gasteiger partial charge < -0.3 is 5.11 Å². The summed E-state index contributed by atoms with van der Waals surface area (Å²) in [4.78, 5) is 11.9. The lowest BCUT2D eigenvalue weighted by Crippen LogP contribution is -2.57. The maximum atomic E-state index is 12.8. The molecule has 1 amide bonds. The predicted octanol–water partition coefficient (Wildman–Crippen LogP) is 1.42. The summed E-state index contributed by atoms with van der Waals surface area (Å²) < 4.78 is 40.3. The zero-order valence-electron chi connectivity index (χ0n) is 10.2. The highest BCUT2D eigenvalue weighted by Crippen LogP contribution is 2.38. The smallest absolute Gasteiger partial charge is 0.362 e. The van der Waals surface area contributed by atoms with Crippen molar-refractivity contribution in [1.82, 2.24) is 14.8 Å². The fourth-order valence-corrected chi connectivity index (χ4v) is 2.01. The van der Waals surface area contributed by atoms with E-state index in [0.29, 0.717) is 10.2 Å². The minimum absolute atomic E-state index is 0.0576. The van der Waals surface area contributed by atoms with Gasteiger partial charge in [0.25, 0.3) is 11.6 Å². The molecule has 1 atom stereocenters. The minimum Gasteiger partial charge on any atom is -0.362 e. The second-order valence-electron chi connectivity index (χ2n) is 4.26. The summed E-state index contributed by atoms with van der Waals surface area (Å²) in [5.74, 6) is -1.00. The normalized spacial score (nSPS) is 22.6. The Morgan fingerprint density at radius 1 is 1.60 bits per heavy atom. The molecule has 6 nitrogen and oxygen atoms in total. The number of aromatic nitrogens is 2. The molecule has 110 valence electrons. The molecule has 0 radical (unpaired) electrons. The van der Waals surface area contributed by atoms with Gasteiger partial charge in [0, 0.05) is 12.6 Å². The third-order valence-electron chi connectivity index (χ3n) is 2.94. The summed E-state index contributed by atoms with van der Waals surface area (Å²) in [5, 5.41) is 16.9. The van der Waals surface area contributed by atoms with E-state index in [4.69, 9.17) is 0 Å². The van der Waals surface area contributed by atoms with Crippen molar-refractivity contribution in [3.63, 3.8) is 0 Å². The lowest BCUT2D eigenvalue weighted by molar-refractivity contribution is -0.302. The molecule has 1 aliphatic heterocycles. The number of rotatable bonds is 2. The van der Waals surface area contributed by atoms with Crippen LogP contribution in [0.15, 0.2) is 15.8 Å². The number of aliphatic hydroxyl groups is 1. The summed E-state index contributed by atoms with van der Waals surface area (Å²) in [6, 6.07) is 0. The van der Waals surface area contributed by atoms with E-state index < -0.39 is 30.8 Å². The van der Waals surface area contributed by atoms with Crippen molar-refractivity contribution in [2.75, 3.05) is 0 Å². The molecule has 1 N–H and O–H groups in total. The first-order valence-corrected chi connectivity index (χ1v) is 6.28. The molecule has 1 aliphatic rings. The second kappa shape index (κ2) is 4.85. The van der Waals surface area contributed by atoms with Crippen LogP contribution in [-0.4, -0.2) is 43.9 Å². The van der Waals surface area contributed by atoms with Crippen LogP contribution in [-0.2, 0) is 11.3 Å². The Hall–Kier alpha value is -1.42. The largest absolute Gasteiger partial charge is 0.438 e. The van der Waals surface area contributed by atoms with Gasteiger partial charge in [-0.1, -0.05) is 0 Å². The quantitative estimate of drug-likeness (QED) is 0.873. The van der Waals surface area contributed by atoms with Gasteiger partial charge in [-0.3, -0.25) is 9.48 Å². The highest BCUT2D eigenvalue weighted by molar-refractivity contribution is 9.10. The van der Waals surface area contributed by atoms with Crippen LogP contribution < -0.4 is 0 Å². The standard InChI is InChI=1S/C10H10BrF3N4O2/c1-6-7(11)4-16-17(6)5-8(19)18-9(20,2-3-15-18)10(12,13)14/h3-4,20H,2,5H2,1H3. The molecule has 0 fully saturated rings. The molecule has 0 spiro atoms. The molecule has 10 heteroatoms. The van der Waals surface area contributed by atoms with Gasteiger partial charge in [0.1, 0.15) is 6.54 Å². The van der Waals surface area contributed by atoms with Crippen molar-refractivity contribution in [3.05, 3.63) is 16.4 Å². The first-order valence-electron chi connectivity index (χ1n) is 5.49. The van der Waals surface area contributed by atoms with Crippen LogP contribution in [0.25, 0.3) is 0 Å². The Labute approximate surface area is 120 Å². The number of halogens is 4. The predicted molar refractivity (Wildman–Crippen MR) is 65.6 cm³/mol. The van der Waals surface area contributed by atoms with Gasteiger partial charge in [-0.25, -0.2) is 0 Å². The highest BCUT2D eigenvalue weighted by atomic mass is 79.9. The number of hydrogen-bond acceptors (Lipinski definition) is 4. The Morgan fingerprint density at radius 2 is 2.25 bits per heavy atom. The van der Waals surface area contributed by atoms with Gasteiger partial charge in [-0.15, -0.1) is 0 Å². The number of carbonyl (C=O) groups excluding carboxylic acids is 1. The van der Waals surface area contributed by atoms with E-state index in [0.717, 1.165) is 6.21 Å². The summed E-state index contributed by atoms with van der Waals surface area (Å²) in [6.07, 6.45) is -3.49. The zero-order chi connectivity index (χ0) is 15.1. The Balaban J connectivity index is 2.21. The molecule has 1 unspecified atom stereocenters. The Morgan fingerprint density at radius 3 is 2.75 bits per heavy atom. The van der Waals surface area contributed by atoms with Crippen molar-refractivity contribution >= 4 is 28.1 Å². The summed E-state index contributed by atoms with van der Waals surface area (Å²) in [5.41, 5.74) is -2.71. The zero-order valence-corrected chi connectivity index (χ0v) is 11.8. The van der Waals surface area contributed by atoms with Crippen LogP contribution in [0.5, 0.6) is 0 Å². The minimum atomic E-state index is -4.99. The van der Waals surface area contributed by atoms with Gasteiger partial charge in [-0.2, -0.15) is 28.4 Å². The molecule has 0 saturated heterocycles. The number of amides is 1. The molecular weight excluding hydrogens is 345 g/mol. The molecule has 0 aromatic carbocycles. The van der Waals surface area contributed by atoms with Gasteiger partial charge in [0.15, 0.2) is 0 Å². The molecule has 2 rings (SSSR count). The van der Waals surface area contributed by atoms with Gasteiger partial charge in [0.05, 0.1) is 16.4 Å². The topological polar surface area (TPSA) is 70.7 Å².